The molecule has 0 spiro atoms. The summed E-state index contributed by atoms with van der Waals surface area (Å²) in [7, 11) is 0. The van der Waals surface area contributed by atoms with Gasteiger partial charge in [0.1, 0.15) is 12.4 Å². The van der Waals surface area contributed by atoms with Crippen molar-refractivity contribution in [1.29, 1.82) is 0 Å². The molecule has 1 aromatic heterocycles. The molecule has 1 saturated heterocycles. The molecule has 1 N–H and O–H groups in total. The second-order valence-corrected chi connectivity index (χ2v) is 8.90. The molecular formula is C25H30ClN5O3. The van der Waals surface area contributed by atoms with Gasteiger partial charge in [0.15, 0.2) is 0 Å². The van der Waals surface area contributed by atoms with Crippen LogP contribution in [0.25, 0.3) is 11.4 Å². The number of rotatable bonds is 9. The normalized spacial score (nSPS) is 15.7. The minimum absolute atomic E-state index is 0.0193. The SMILES string of the molecule is Cc1cccc(OCCNC(=O)C(C)N2CCN(Cc3nc(-c4ccc(Cl)cc4)no3)CC2)c1. The summed E-state index contributed by atoms with van der Waals surface area (Å²) in [5, 5.41) is 7.72. The van der Waals surface area contributed by atoms with Gasteiger partial charge in [-0.25, -0.2) is 0 Å². The maximum atomic E-state index is 12.6. The van der Waals surface area contributed by atoms with Crippen molar-refractivity contribution >= 4 is 17.5 Å². The summed E-state index contributed by atoms with van der Waals surface area (Å²) in [6.07, 6.45) is 0. The van der Waals surface area contributed by atoms with Crippen molar-refractivity contribution in [1.82, 2.24) is 25.3 Å². The van der Waals surface area contributed by atoms with E-state index in [2.05, 4.69) is 25.3 Å². The first kappa shape index (κ1) is 24.2. The average molecular weight is 484 g/mol. The Labute approximate surface area is 204 Å². The van der Waals surface area contributed by atoms with Gasteiger partial charge in [0, 0.05) is 36.8 Å². The first-order chi connectivity index (χ1) is 16.5. The number of benzene rings is 2. The maximum absolute atomic E-state index is 12.6. The number of hydrogen-bond acceptors (Lipinski definition) is 7. The van der Waals surface area contributed by atoms with Crippen LogP contribution in [0.5, 0.6) is 5.75 Å². The molecule has 8 nitrogen and oxygen atoms in total. The minimum Gasteiger partial charge on any atom is -0.492 e. The Morgan fingerprint density at radius 3 is 2.68 bits per heavy atom. The highest BCUT2D eigenvalue weighted by atomic mass is 35.5. The molecule has 0 bridgehead atoms. The molecule has 1 atom stereocenters. The summed E-state index contributed by atoms with van der Waals surface area (Å²) < 4.78 is 11.1. The first-order valence-electron chi connectivity index (χ1n) is 11.5. The molecule has 2 aromatic carbocycles. The number of hydrogen-bond donors (Lipinski definition) is 1. The van der Waals surface area contributed by atoms with E-state index in [1.165, 1.54) is 0 Å². The molecule has 1 fully saturated rings. The number of carbonyl (C=O) groups excluding carboxylic acids is 1. The average Bonchev–Trinajstić information content (AvgIpc) is 3.30. The van der Waals surface area contributed by atoms with Gasteiger partial charge in [-0.05, 0) is 55.8 Å². The highest BCUT2D eigenvalue weighted by molar-refractivity contribution is 6.30. The van der Waals surface area contributed by atoms with Crippen LogP contribution in [0.3, 0.4) is 0 Å². The van der Waals surface area contributed by atoms with Gasteiger partial charge in [-0.1, -0.05) is 28.9 Å². The Balaban J connectivity index is 1.17. The van der Waals surface area contributed by atoms with Gasteiger partial charge in [-0.2, -0.15) is 4.98 Å². The highest BCUT2D eigenvalue weighted by Crippen LogP contribution is 2.19. The molecule has 0 aliphatic carbocycles. The van der Waals surface area contributed by atoms with Crippen LogP contribution >= 0.6 is 11.6 Å². The zero-order chi connectivity index (χ0) is 23.9. The van der Waals surface area contributed by atoms with Gasteiger partial charge in [-0.3, -0.25) is 14.6 Å². The van der Waals surface area contributed by atoms with Crippen LogP contribution < -0.4 is 10.1 Å². The van der Waals surface area contributed by atoms with Crippen molar-refractivity contribution in [3.05, 3.63) is 65.0 Å². The molecule has 0 radical (unpaired) electrons. The van der Waals surface area contributed by atoms with Crippen LogP contribution in [0.2, 0.25) is 5.02 Å². The Bertz CT molecular complexity index is 1080. The van der Waals surface area contributed by atoms with Crippen molar-refractivity contribution in [2.45, 2.75) is 26.4 Å². The summed E-state index contributed by atoms with van der Waals surface area (Å²) in [6, 6.07) is 15.1. The summed E-state index contributed by atoms with van der Waals surface area (Å²) in [6.45, 7) is 8.73. The molecule has 4 rings (SSSR count). The quantitative estimate of drug-likeness (QED) is 0.467. The predicted octanol–water partition coefficient (Wildman–Crippen LogP) is 3.40. The number of halogens is 1. The topological polar surface area (TPSA) is 83.7 Å². The van der Waals surface area contributed by atoms with Crippen LogP contribution in [0.15, 0.2) is 53.1 Å². The molecular weight excluding hydrogens is 454 g/mol. The van der Waals surface area contributed by atoms with Gasteiger partial charge < -0.3 is 14.6 Å². The molecule has 1 unspecified atom stereocenters. The fourth-order valence-electron chi connectivity index (χ4n) is 3.90. The number of amides is 1. The Kier molecular flexibility index (Phi) is 8.16. The van der Waals surface area contributed by atoms with Crippen molar-refractivity contribution in [2.24, 2.45) is 0 Å². The molecule has 34 heavy (non-hydrogen) atoms. The molecule has 9 heteroatoms. The third-order valence-corrected chi connectivity index (χ3v) is 6.17. The Hall–Kier alpha value is -2.94. The van der Waals surface area contributed by atoms with E-state index in [-0.39, 0.29) is 11.9 Å². The smallest absolute Gasteiger partial charge is 0.241 e. The van der Waals surface area contributed by atoms with E-state index < -0.39 is 0 Å². The van der Waals surface area contributed by atoms with Crippen molar-refractivity contribution < 1.29 is 14.1 Å². The molecule has 1 aliphatic rings. The van der Waals surface area contributed by atoms with Gasteiger partial charge >= 0.3 is 0 Å². The highest BCUT2D eigenvalue weighted by Gasteiger charge is 2.26. The van der Waals surface area contributed by atoms with Gasteiger partial charge in [0.05, 0.1) is 19.1 Å². The lowest BCUT2D eigenvalue weighted by Crippen LogP contribution is -2.53. The lowest BCUT2D eigenvalue weighted by molar-refractivity contribution is -0.126. The standard InChI is InChI=1S/C25H30ClN5O3/c1-18-4-3-5-22(16-18)33-15-10-27-25(32)19(2)31-13-11-30(12-14-31)17-23-28-24(29-34-23)20-6-8-21(26)9-7-20/h3-9,16,19H,10-15,17H2,1-2H3,(H,27,32). The summed E-state index contributed by atoms with van der Waals surface area (Å²) in [5.41, 5.74) is 2.02. The number of piperazine rings is 1. The molecule has 3 aromatic rings. The number of aromatic nitrogens is 2. The number of carbonyl (C=O) groups is 1. The zero-order valence-corrected chi connectivity index (χ0v) is 20.3. The van der Waals surface area contributed by atoms with Crippen molar-refractivity contribution in [3.63, 3.8) is 0 Å². The van der Waals surface area contributed by atoms with Crippen LogP contribution in [0.1, 0.15) is 18.4 Å². The monoisotopic (exact) mass is 483 g/mol. The predicted molar refractivity (Wildman–Crippen MR) is 131 cm³/mol. The fourth-order valence-corrected chi connectivity index (χ4v) is 4.02. The molecule has 180 valence electrons. The van der Waals surface area contributed by atoms with Gasteiger partial charge in [0.2, 0.25) is 17.6 Å². The van der Waals surface area contributed by atoms with E-state index in [1.807, 2.05) is 50.2 Å². The van der Waals surface area contributed by atoms with Crippen LogP contribution in [-0.2, 0) is 11.3 Å². The van der Waals surface area contributed by atoms with E-state index in [0.29, 0.717) is 36.4 Å². The summed E-state index contributed by atoms with van der Waals surface area (Å²) >= 11 is 5.94. The number of nitrogens with zero attached hydrogens (tertiary/aromatic N) is 4. The fraction of sp³-hybridized carbons (Fsp3) is 0.400. The third-order valence-electron chi connectivity index (χ3n) is 5.92. The number of aryl methyl sites for hydroxylation is 1. The Morgan fingerprint density at radius 1 is 1.18 bits per heavy atom. The molecule has 1 aliphatic heterocycles. The van der Waals surface area contributed by atoms with Crippen LogP contribution in [0.4, 0.5) is 0 Å². The zero-order valence-electron chi connectivity index (χ0n) is 19.5. The molecule has 0 saturated carbocycles. The van der Waals surface area contributed by atoms with Crippen molar-refractivity contribution in [2.75, 3.05) is 39.3 Å². The van der Waals surface area contributed by atoms with Gasteiger partial charge in [-0.15, -0.1) is 0 Å². The second kappa shape index (κ2) is 11.5. The number of ether oxygens (including phenoxy) is 1. The van der Waals surface area contributed by atoms with E-state index >= 15 is 0 Å². The van der Waals surface area contributed by atoms with Crippen LogP contribution in [0, 0.1) is 6.92 Å². The molecule has 1 amide bonds. The number of nitrogens with one attached hydrogen (secondary N) is 1. The minimum atomic E-state index is -0.193. The first-order valence-corrected chi connectivity index (χ1v) is 11.9. The summed E-state index contributed by atoms with van der Waals surface area (Å²) in [4.78, 5) is 21.5. The van der Waals surface area contributed by atoms with Crippen molar-refractivity contribution in [3.8, 4) is 17.1 Å². The maximum Gasteiger partial charge on any atom is 0.241 e. The van der Waals surface area contributed by atoms with E-state index in [1.54, 1.807) is 12.1 Å². The van der Waals surface area contributed by atoms with Gasteiger partial charge in [0.25, 0.3) is 0 Å². The Morgan fingerprint density at radius 2 is 1.94 bits per heavy atom. The largest absolute Gasteiger partial charge is 0.492 e. The van der Waals surface area contributed by atoms with E-state index in [4.69, 9.17) is 20.9 Å². The lowest BCUT2D eigenvalue weighted by atomic mass is 10.2. The van der Waals surface area contributed by atoms with E-state index in [0.717, 1.165) is 43.1 Å². The third kappa shape index (κ3) is 6.56. The summed E-state index contributed by atoms with van der Waals surface area (Å²) in [5.74, 6) is 1.98. The second-order valence-electron chi connectivity index (χ2n) is 8.46. The molecule has 2 heterocycles. The van der Waals surface area contributed by atoms with Crippen LogP contribution in [-0.4, -0.2) is 71.2 Å². The van der Waals surface area contributed by atoms with E-state index in [9.17, 15) is 4.79 Å². The lowest BCUT2D eigenvalue weighted by Gasteiger charge is -2.36.